The Morgan fingerprint density at radius 3 is 2.80 bits per heavy atom. The van der Waals surface area contributed by atoms with Crippen molar-refractivity contribution in [2.45, 2.75) is 32.7 Å². The highest BCUT2D eigenvalue weighted by atomic mass is 15.1. The van der Waals surface area contributed by atoms with Gasteiger partial charge in [0.15, 0.2) is 0 Å². The van der Waals surface area contributed by atoms with Crippen molar-refractivity contribution in [3.8, 4) is 0 Å². The summed E-state index contributed by atoms with van der Waals surface area (Å²) in [5.74, 6) is 1.57. The number of fused-ring (bicyclic) bond motifs is 1. The van der Waals surface area contributed by atoms with E-state index in [2.05, 4.69) is 35.0 Å². The molecule has 1 fully saturated rings. The highest BCUT2D eigenvalue weighted by Crippen LogP contribution is 2.28. The topological polar surface area (TPSA) is 42.2 Å². The predicted octanol–water partition coefficient (Wildman–Crippen LogP) is 3.44. The zero-order valence-electron chi connectivity index (χ0n) is 12.2. The quantitative estimate of drug-likeness (QED) is 0.904. The number of hydrogen-bond acceptors (Lipinski definition) is 3. The Bertz CT molecular complexity index is 590. The van der Waals surface area contributed by atoms with Crippen LogP contribution in [0.1, 0.15) is 31.7 Å². The Labute approximate surface area is 120 Å². The third-order valence-electron chi connectivity index (χ3n) is 4.42. The summed E-state index contributed by atoms with van der Waals surface area (Å²) >= 11 is 0. The SMILES string of the molecule is CCN(Cc1cc2ccccc2nc1N)CC1CCC1. The van der Waals surface area contributed by atoms with Crippen LogP contribution in [0.3, 0.4) is 0 Å². The third-order valence-corrected chi connectivity index (χ3v) is 4.42. The van der Waals surface area contributed by atoms with Crippen LogP contribution in [0.5, 0.6) is 0 Å². The van der Waals surface area contributed by atoms with Crippen LogP contribution in [0.15, 0.2) is 30.3 Å². The van der Waals surface area contributed by atoms with Crippen molar-refractivity contribution in [2.75, 3.05) is 18.8 Å². The van der Waals surface area contributed by atoms with Gasteiger partial charge in [-0.3, -0.25) is 4.90 Å². The zero-order chi connectivity index (χ0) is 13.9. The minimum Gasteiger partial charge on any atom is -0.383 e. The Balaban J connectivity index is 1.79. The summed E-state index contributed by atoms with van der Waals surface area (Å²) in [6.07, 6.45) is 4.19. The molecule has 20 heavy (non-hydrogen) atoms. The molecule has 3 rings (SSSR count). The highest BCUT2D eigenvalue weighted by molar-refractivity contribution is 5.81. The maximum atomic E-state index is 6.13. The largest absolute Gasteiger partial charge is 0.383 e. The first-order valence-corrected chi connectivity index (χ1v) is 7.62. The molecule has 3 nitrogen and oxygen atoms in total. The number of anilines is 1. The van der Waals surface area contributed by atoms with Crippen molar-refractivity contribution in [3.05, 3.63) is 35.9 Å². The summed E-state index contributed by atoms with van der Waals surface area (Å²) in [6.45, 7) is 5.41. The van der Waals surface area contributed by atoms with Gasteiger partial charge in [0, 0.05) is 24.0 Å². The van der Waals surface area contributed by atoms with Crippen molar-refractivity contribution >= 4 is 16.7 Å². The number of hydrogen-bond donors (Lipinski definition) is 1. The molecule has 0 spiro atoms. The summed E-state index contributed by atoms with van der Waals surface area (Å²) in [6, 6.07) is 10.4. The molecule has 3 heteroatoms. The summed E-state index contributed by atoms with van der Waals surface area (Å²) in [4.78, 5) is 7.02. The molecule has 0 amide bonds. The van der Waals surface area contributed by atoms with Gasteiger partial charge >= 0.3 is 0 Å². The fraction of sp³-hybridized carbons (Fsp3) is 0.471. The van der Waals surface area contributed by atoms with Crippen molar-refractivity contribution in [1.29, 1.82) is 0 Å². The lowest BCUT2D eigenvalue weighted by atomic mass is 9.85. The fourth-order valence-corrected chi connectivity index (χ4v) is 2.89. The van der Waals surface area contributed by atoms with Crippen LogP contribution in [-0.4, -0.2) is 23.0 Å². The molecule has 1 aliphatic carbocycles. The first kappa shape index (κ1) is 13.4. The molecule has 0 atom stereocenters. The number of para-hydroxylation sites is 1. The van der Waals surface area contributed by atoms with Gasteiger partial charge in [-0.2, -0.15) is 0 Å². The lowest BCUT2D eigenvalue weighted by Crippen LogP contribution is -2.32. The van der Waals surface area contributed by atoms with E-state index in [9.17, 15) is 0 Å². The summed E-state index contributed by atoms with van der Waals surface area (Å²) < 4.78 is 0. The zero-order valence-corrected chi connectivity index (χ0v) is 12.2. The van der Waals surface area contributed by atoms with Gasteiger partial charge in [-0.1, -0.05) is 31.5 Å². The number of pyridine rings is 1. The van der Waals surface area contributed by atoms with Crippen molar-refractivity contribution in [3.63, 3.8) is 0 Å². The average Bonchev–Trinajstić information content (AvgIpc) is 2.41. The van der Waals surface area contributed by atoms with E-state index in [1.807, 2.05) is 12.1 Å². The lowest BCUT2D eigenvalue weighted by Gasteiger charge is -2.32. The molecule has 2 N–H and O–H groups in total. The molecule has 1 aromatic heterocycles. The minimum atomic E-state index is 0.677. The molecule has 106 valence electrons. The molecular weight excluding hydrogens is 246 g/mol. The number of nitrogens with two attached hydrogens (primary N) is 1. The van der Waals surface area contributed by atoms with Gasteiger partial charge in [0.2, 0.25) is 0 Å². The van der Waals surface area contributed by atoms with Crippen molar-refractivity contribution in [1.82, 2.24) is 9.88 Å². The van der Waals surface area contributed by atoms with Gasteiger partial charge in [-0.25, -0.2) is 4.98 Å². The molecule has 0 aliphatic heterocycles. The smallest absolute Gasteiger partial charge is 0.128 e. The number of nitrogen functional groups attached to an aromatic ring is 1. The molecule has 0 unspecified atom stereocenters. The van der Waals surface area contributed by atoms with Crippen molar-refractivity contribution < 1.29 is 0 Å². The van der Waals surface area contributed by atoms with Crippen LogP contribution >= 0.6 is 0 Å². The van der Waals surface area contributed by atoms with Crippen LogP contribution in [0.2, 0.25) is 0 Å². The molecule has 1 saturated carbocycles. The molecule has 0 radical (unpaired) electrons. The Morgan fingerprint density at radius 1 is 1.30 bits per heavy atom. The summed E-state index contributed by atoms with van der Waals surface area (Å²) in [5, 5.41) is 1.18. The average molecular weight is 269 g/mol. The van der Waals surface area contributed by atoms with E-state index in [1.54, 1.807) is 0 Å². The second kappa shape index (κ2) is 5.80. The van der Waals surface area contributed by atoms with Gasteiger partial charge in [-0.05, 0) is 37.4 Å². The number of benzene rings is 1. The molecule has 0 bridgehead atoms. The Morgan fingerprint density at radius 2 is 2.10 bits per heavy atom. The van der Waals surface area contributed by atoms with Gasteiger partial charge in [0.25, 0.3) is 0 Å². The van der Waals surface area contributed by atoms with E-state index in [-0.39, 0.29) is 0 Å². The minimum absolute atomic E-state index is 0.677. The Hall–Kier alpha value is -1.61. The highest BCUT2D eigenvalue weighted by Gasteiger charge is 2.20. The lowest BCUT2D eigenvalue weighted by molar-refractivity contribution is 0.178. The first-order chi connectivity index (χ1) is 9.76. The standard InChI is InChI=1S/C17H23N3/c1-2-20(11-13-6-5-7-13)12-15-10-14-8-3-4-9-16(14)19-17(15)18/h3-4,8-10,13H,2,5-7,11-12H2,1H3,(H2,18,19). The number of aromatic nitrogens is 1. The normalized spacial score (nSPS) is 15.7. The van der Waals surface area contributed by atoms with Gasteiger partial charge < -0.3 is 5.73 Å². The van der Waals surface area contributed by atoms with Gasteiger partial charge in [-0.15, -0.1) is 0 Å². The predicted molar refractivity (Wildman–Crippen MR) is 84.4 cm³/mol. The second-order valence-electron chi connectivity index (χ2n) is 5.85. The molecule has 1 aliphatic rings. The van der Waals surface area contributed by atoms with E-state index in [1.165, 1.54) is 31.2 Å². The van der Waals surface area contributed by atoms with E-state index < -0.39 is 0 Å². The molecule has 1 aromatic carbocycles. The van der Waals surface area contributed by atoms with Gasteiger partial charge in [0.1, 0.15) is 5.82 Å². The van der Waals surface area contributed by atoms with E-state index in [0.717, 1.165) is 30.1 Å². The maximum Gasteiger partial charge on any atom is 0.128 e. The molecule has 1 heterocycles. The monoisotopic (exact) mass is 269 g/mol. The summed E-state index contributed by atoms with van der Waals surface area (Å²) in [7, 11) is 0. The summed E-state index contributed by atoms with van der Waals surface area (Å²) in [5.41, 5.74) is 8.27. The third kappa shape index (κ3) is 2.78. The second-order valence-corrected chi connectivity index (χ2v) is 5.85. The maximum absolute atomic E-state index is 6.13. The number of nitrogens with zero attached hydrogens (tertiary/aromatic N) is 2. The van der Waals surface area contributed by atoms with Crippen LogP contribution < -0.4 is 5.73 Å². The van der Waals surface area contributed by atoms with Crippen molar-refractivity contribution in [2.24, 2.45) is 5.92 Å². The van der Waals surface area contributed by atoms with Gasteiger partial charge in [0.05, 0.1) is 5.52 Å². The molecular formula is C17H23N3. The van der Waals surface area contributed by atoms with Crippen LogP contribution in [0.4, 0.5) is 5.82 Å². The van der Waals surface area contributed by atoms with E-state index >= 15 is 0 Å². The number of rotatable bonds is 5. The molecule has 2 aromatic rings. The van der Waals surface area contributed by atoms with Crippen LogP contribution in [-0.2, 0) is 6.54 Å². The van der Waals surface area contributed by atoms with Crippen LogP contribution in [0.25, 0.3) is 10.9 Å². The fourth-order valence-electron chi connectivity index (χ4n) is 2.89. The molecule has 0 saturated heterocycles. The van der Waals surface area contributed by atoms with E-state index in [0.29, 0.717) is 5.82 Å². The van der Waals surface area contributed by atoms with E-state index in [4.69, 9.17) is 5.73 Å². The Kier molecular flexibility index (Phi) is 3.88. The van der Waals surface area contributed by atoms with Crippen LogP contribution in [0, 0.1) is 5.92 Å². The first-order valence-electron chi connectivity index (χ1n) is 7.62.